The first-order valence-corrected chi connectivity index (χ1v) is 12.7. The van der Waals surface area contributed by atoms with Gasteiger partial charge in [0.1, 0.15) is 0 Å². The molecule has 5 atom stereocenters. The van der Waals surface area contributed by atoms with Gasteiger partial charge in [0.2, 0.25) is 5.91 Å². The molecule has 0 aromatic heterocycles. The molecule has 6 rings (SSSR count). The lowest BCUT2D eigenvalue weighted by molar-refractivity contribution is -0.132. The van der Waals surface area contributed by atoms with Gasteiger partial charge in [0, 0.05) is 37.8 Å². The van der Waals surface area contributed by atoms with E-state index in [9.17, 15) is 4.79 Å². The first-order valence-electron chi connectivity index (χ1n) is 12.7. The Morgan fingerprint density at radius 3 is 2.71 bits per heavy atom. The first-order chi connectivity index (χ1) is 15.1. The Labute approximate surface area is 187 Å². The second-order valence-corrected chi connectivity index (χ2v) is 11.1. The molecule has 2 aliphatic carbocycles. The van der Waals surface area contributed by atoms with E-state index >= 15 is 0 Å². The molecule has 4 heteroatoms. The zero-order valence-corrected chi connectivity index (χ0v) is 19.3. The van der Waals surface area contributed by atoms with Gasteiger partial charge in [0.25, 0.3) is 0 Å². The van der Waals surface area contributed by atoms with Crippen molar-refractivity contribution in [2.24, 2.45) is 34.6 Å². The molecule has 4 nitrogen and oxygen atoms in total. The van der Waals surface area contributed by atoms with Crippen molar-refractivity contribution >= 4 is 12.1 Å². The molecule has 3 heterocycles. The van der Waals surface area contributed by atoms with Crippen molar-refractivity contribution in [3.8, 4) is 0 Å². The third kappa shape index (κ3) is 3.86. The Morgan fingerprint density at radius 1 is 1.19 bits per heavy atom. The Balaban J connectivity index is 1.41. The van der Waals surface area contributed by atoms with Gasteiger partial charge in [0.05, 0.1) is 0 Å². The lowest BCUT2D eigenvalue weighted by Gasteiger charge is -2.51. The molecule has 1 N–H and O–H groups in total. The Hall–Kier alpha value is -1.68. The lowest BCUT2D eigenvalue weighted by Crippen LogP contribution is -2.66. The minimum atomic E-state index is -0.572. The number of aliphatic imine (C=N–C) groups is 1. The molecule has 1 saturated heterocycles. The minimum absolute atomic E-state index is 0.215. The van der Waals surface area contributed by atoms with E-state index in [0.717, 1.165) is 32.5 Å². The van der Waals surface area contributed by atoms with Crippen LogP contribution in [0.15, 0.2) is 35.3 Å². The molecule has 3 fully saturated rings. The molecule has 1 aromatic rings. The summed E-state index contributed by atoms with van der Waals surface area (Å²) >= 11 is 0. The molecule has 31 heavy (non-hydrogen) atoms. The highest BCUT2D eigenvalue weighted by Crippen LogP contribution is 2.54. The molecular formula is C27H39N3O. The monoisotopic (exact) mass is 421 g/mol. The zero-order valence-electron chi connectivity index (χ0n) is 19.3. The summed E-state index contributed by atoms with van der Waals surface area (Å²) in [6.45, 7) is 7.52. The van der Waals surface area contributed by atoms with Crippen LogP contribution in [0.3, 0.4) is 0 Å². The topological polar surface area (TPSA) is 44.7 Å². The van der Waals surface area contributed by atoms with Gasteiger partial charge < -0.3 is 5.32 Å². The van der Waals surface area contributed by atoms with Gasteiger partial charge in [-0.15, -0.1) is 0 Å². The van der Waals surface area contributed by atoms with Crippen molar-refractivity contribution in [1.29, 1.82) is 0 Å². The predicted octanol–water partition coefficient (Wildman–Crippen LogP) is 4.34. The second-order valence-electron chi connectivity index (χ2n) is 11.1. The Morgan fingerprint density at radius 2 is 1.97 bits per heavy atom. The van der Waals surface area contributed by atoms with E-state index in [1.165, 1.54) is 37.7 Å². The van der Waals surface area contributed by atoms with Crippen molar-refractivity contribution in [1.82, 2.24) is 10.2 Å². The van der Waals surface area contributed by atoms with Crippen molar-refractivity contribution in [2.45, 2.75) is 70.4 Å². The number of benzene rings is 1. The zero-order chi connectivity index (χ0) is 21.4. The van der Waals surface area contributed by atoms with Crippen LogP contribution in [-0.4, -0.2) is 48.2 Å². The highest BCUT2D eigenvalue weighted by molar-refractivity contribution is 5.92. The molecule has 0 spiro atoms. The van der Waals surface area contributed by atoms with Crippen LogP contribution in [0.4, 0.5) is 0 Å². The fraction of sp³-hybridized carbons (Fsp3) is 0.704. The summed E-state index contributed by atoms with van der Waals surface area (Å²) in [4.78, 5) is 21.6. The molecule has 4 bridgehead atoms. The third-order valence-corrected chi connectivity index (χ3v) is 8.47. The van der Waals surface area contributed by atoms with Gasteiger partial charge in [-0.1, -0.05) is 63.4 Å². The van der Waals surface area contributed by atoms with E-state index in [4.69, 9.17) is 4.99 Å². The molecule has 0 radical (unpaired) electrons. The van der Waals surface area contributed by atoms with Gasteiger partial charge in [-0.05, 0) is 54.9 Å². The molecule has 3 aliphatic heterocycles. The summed E-state index contributed by atoms with van der Waals surface area (Å²) in [5.41, 5.74) is 0.816. The van der Waals surface area contributed by atoms with E-state index < -0.39 is 5.54 Å². The molecular weight excluding hydrogens is 382 g/mol. The number of amides is 1. The average molecular weight is 422 g/mol. The van der Waals surface area contributed by atoms with E-state index in [2.05, 4.69) is 60.6 Å². The molecule has 168 valence electrons. The van der Waals surface area contributed by atoms with Gasteiger partial charge in [-0.25, -0.2) is 0 Å². The maximum absolute atomic E-state index is 13.9. The third-order valence-electron chi connectivity index (χ3n) is 8.47. The lowest BCUT2D eigenvalue weighted by atomic mass is 9.59. The maximum Gasteiger partial charge on any atom is 0.249 e. The van der Waals surface area contributed by atoms with Crippen LogP contribution in [0.2, 0.25) is 0 Å². The van der Waals surface area contributed by atoms with Crippen molar-refractivity contribution in [3.05, 3.63) is 35.9 Å². The van der Waals surface area contributed by atoms with E-state index in [1.807, 2.05) is 0 Å². The highest BCUT2D eigenvalue weighted by atomic mass is 16.2. The van der Waals surface area contributed by atoms with Crippen molar-refractivity contribution < 1.29 is 4.79 Å². The fourth-order valence-electron chi connectivity index (χ4n) is 7.17. The van der Waals surface area contributed by atoms with Crippen LogP contribution in [0.25, 0.3) is 0 Å². The number of hydrogen-bond acceptors (Lipinski definition) is 3. The fourth-order valence-corrected chi connectivity index (χ4v) is 7.17. The quantitative estimate of drug-likeness (QED) is 0.712. The van der Waals surface area contributed by atoms with Crippen LogP contribution in [0, 0.1) is 29.6 Å². The number of hydrogen-bond donors (Lipinski definition) is 1. The average Bonchev–Trinajstić information content (AvgIpc) is 3.04. The maximum atomic E-state index is 13.9. The van der Waals surface area contributed by atoms with E-state index in [0.29, 0.717) is 29.6 Å². The summed E-state index contributed by atoms with van der Waals surface area (Å²) in [6, 6.07) is 11.1. The number of carbonyl (C=O) groups is 1. The standard InChI is InChI=1S/C27H39N3O/c1-19(2)17-30-18-23-14-22-16-29-27(23,26(31)28-15-21-11-7-4-8-12-21)25(30)24(22)13-20-9-5-3-6-10-20/h3,5-6,9-10,16,19,21-25H,4,7-8,11-15,17-18H2,1-2H3,(H,28,31)/t22-,23-,24+,25-,27-/m0/s1. The summed E-state index contributed by atoms with van der Waals surface area (Å²) in [6.07, 6.45) is 10.8. The molecule has 0 unspecified atom stereocenters. The van der Waals surface area contributed by atoms with Crippen molar-refractivity contribution in [2.75, 3.05) is 19.6 Å². The number of rotatable bonds is 7. The highest BCUT2D eigenvalue weighted by Gasteiger charge is 2.67. The normalized spacial score (nSPS) is 35.1. The number of carbonyl (C=O) groups excluding carboxylic acids is 1. The first kappa shape index (κ1) is 21.2. The summed E-state index contributed by atoms with van der Waals surface area (Å²) in [5.74, 6) is 2.80. The largest absolute Gasteiger partial charge is 0.354 e. The van der Waals surface area contributed by atoms with E-state index in [-0.39, 0.29) is 11.9 Å². The van der Waals surface area contributed by atoms with Crippen LogP contribution in [0.1, 0.15) is 57.9 Å². The van der Waals surface area contributed by atoms with Gasteiger partial charge >= 0.3 is 0 Å². The SMILES string of the molecule is CC(C)CN1C[C@@H]2C[C@H]3C=N[C@]2(C(=O)NCC2CCCCC2)[C@@H]1[C@@H]3Cc1ccccc1. The Kier molecular flexibility index (Phi) is 5.94. The number of likely N-dealkylation sites (tertiary alicyclic amines) is 1. The van der Waals surface area contributed by atoms with Crippen molar-refractivity contribution in [3.63, 3.8) is 0 Å². The van der Waals surface area contributed by atoms with E-state index in [1.54, 1.807) is 0 Å². The van der Waals surface area contributed by atoms with Crippen LogP contribution in [-0.2, 0) is 11.2 Å². The molecule has 5 aliphatic rings. The smallest absolute Gasteiger partial charge is 0.249 e. The molecule has 1 amide bonds. The van der Waals surface area contributed by atoms with Gasteiger partial charge in [0.15, 0.2) is 5.54 Å². The van der Waals surface area contributed by atoms with Crippen LogP contribution >= 0.6 is 0 Å². The summed E-state index contributed by atoms with van der Waals surface area (Å²) < 4.78 is 0. The number of nitrogens with zero attached hydrogens (tertiary/aromatic N) is 2. The second kappa shape index (κ2) is 8.69. The Bertz CT molecular complexity index is 800. The summed E-state index contributed by atoms with van der Waals surface area (Å²) in [7, 11) is 0. The summed E-state index contributed by atoms with van der Waals surface area (Å²) in [5, 5.41) is 3.42. The van der Waals surface area contributed by atoms with Crippen LogP contribution < -0.4 is 5.32 Å². The van der Waals surface area contributed by atoms with Gasteiger partial charge in [-0.3, -0.25) is 14.7 Å². The minimum Gasteiger partial charge on any atom is -0.354 e. The molecule has 1 aromatic carbocycles. The van der Waals surface area contributed by atoms with Crippen LogP contribution in [0.5, 0.6) is 0 Å². The van der Waals surface area contributed by atoms with Gasteiger partial charge in [-0.2, -0.15) is 0 Å². The number of nitrogens with one attached hydrogen (secondary N) is 1. The predicted molar refractivity (Wildman–Crippen MR) is 126 cm³/mol. The molecule has 2 saturated carbocycles.